The summed E-state index contributed by atoms with van der Waals surface area (Å²) in [4.78, 5) is 2.26. The molecule has 0 aromatic heterocycles. The number of nitrogens with zero attached hydrogens (tertiary/aromatic N) is 1. The van der Waals surface area contributed by atoms with Crippen LogP contribution in [0, 0.1) is 34.5 Å². The van der Waals surface area contributed by atoms with Crippen molar-refractivity contribution in [3.05, 3.63) is 0 Å². The second-order valence-electron chi connectivity index (χ2n) is 11.9. The molecule has 5 bridgehead atoms. The van der Waals surface area contributed by atoms with Crippen molar-refractivity contribution in [3.63, 3.8) is 0 Å². The summed E-state index contributed by atoms with van der Waals surface area (Å²) < 4.78 is 17.5. The lowest BCUT2D eigenvalue weighted by molar-refractivity contribution is -0.301. The summed E-state index contributed by atoms with van der Waals surface area (Å²) in [5.74, 6) is -1.14. The van der Waals surface area contributed by atoms with Gasteiger partial charge >= 0.3 is 0 Å². The van der Waals surface area contributed by atoms with Gasteiger partial charge in [-0.3, -0.25) is 4.90 Å². The van der Waals surface area contributed by atoms with Gasteiger partial charge in [-0.15, -0.1) is 0 Å². The van der Waals surface area contributed by atoms with Crippen LogP contribution in [0.15, 0.2) is 0 Å². The number of rotatable bonds is 6. The van der Waals surface area contributed by atoms with Crippen LogP contribution < -0.4 is 0 Å². The first-order valence-corrected chi connectivity index (χ1v) is 12.6. The van der Waals surface area contributed by atoms with Gasteiger partial charge in [0.15, 0.2) is 0 Å². The minimum absolute atomic E-state index is 0.179. The molecule has 13 atom stereocenters. The van der Waals surface area contributed by atoms with Crippen molar-refractivity contribution in [2.24, 2.45) is 34.5 Å². The van der Waals surface area contributed by atoms with Gasteiger partial charge in [0.1, 0.15) is 11.2 Å². The van der Waals surface area contributed by atoms with Crippen molar-refractivity contribution in [3.8, 4) is 0 Å². The molecule has 4 aliphatic carbocycles. The normalized spacial score (nSPS) is 58.4. The number of aliphatic hydroxyl groups excluding tert-OH is 2. The summed E-state index contributed by atoms with van der Waals surface area (Å²) >= 11 is 0. The van der Waals surface area contributed by atoms with Crippen LogP contribution in [0.1, 0.15) is 40.0 Å². The van der Waals surface area contributed by atoms with Crippen LogP contribution >= 0.6 is 0 Å². The smallest absolute Gasteiger partial charge is 0.136 e. The second kappa shape index (κ2) is 7.59. The Bertz CT molecular complexity index is 780. The van der Waals surface area contributed by atoms with E-state index in [4.69, 9.17) is 14.2 Å². The molecule has 0 aromatic carbocycles. The minimum Gasteiger partial charge on any atom is -0.392 e. The molecule has 8 nitrogen and oxygen atoms in total. The number of likely N-dealkylation sites (N-methyl/N-ethyl adjacent to an activating group) is 1. The average Bonchev–Trinajstić information content (AvgIpc) is 3.21. The van der Waals surface area contributed by atoms with E-state index < -0.39 is 46.9 Å². The van der Waals surface area contributed by atoms with Gasteiger partial charge in [0.2, 0.25) is 0 Å². The third-order valence-corrected chi connectivity index (χ3v) is 11.1. The highest BCUT2D eigenvalue weighted by atomic mass is 16.5. The van der Waals surface area contributed by atoms with Crippen LogP contribution in [0.5, 0.6) is 0 Å². The molecule has 5 unspecified atom stereocenters. The van der Waals surface area contributed by atoms with E-state index >= 15 is 0 Å². The molecular formula is C25H43NO7. The number of aliphatic hydroxyl groups is 4. The Labute approximate surface area is 197 Å². The summed E-state index contributed by atoms with van der Waals surface area (Å²) in [5.41, 5.74) is -4.27. The first-order chi connectivity index (χ1) is 15.5. The molecule has 1 aliphatic heterocycles. The lowest BCUT2D eigenvalue weighted by atomic mass is 9.43. The van der Waals surface area contributed by atoms with E-state index in [1.54, 1.807) is 28.3 Å². The summed E-state index contributed by atoms with van der Waals surface area (Å²) in [6, 6.07) is -0.467. The molecular weight excluding hydrogens is 426 g/mol. The van der Waals surface area contributed by atoms with Crippen molar-refractivity contribution in [2.75, 3.05) is 41.0 Å². The fourth-order valence-corrected chi connectivity index (χ4v) is 10.1. The average molecular weight is 470 g/mol. The van der Waals surface area contributed by atoms with Gasteiger partial charge in [-0.05, 0) is 45.6 Å². The summed E-state index contributed by atoms with van der Waals surface area (Å²) in [5, 5.41) is 48.4. The lowest BCUT2D eigenvalue weighted by Crippen LogP contribution is -2.80. The third-order valence-electron chi connectivity index (χ3n) is 11.1. The van der Waals surface area contributed by atoms with Crippen LogP contribution in [-0.4, -0.2) is 108 Å². The number of hydrogen-bond donors (Lipinski definition) is 4. The Kier molecular flexibility index (Phi) is 5.61. The molecule has 5 fully saturated rings. The Morgan fingerprint density at radius 1 is 1.15 bits per heavy atom. The predicted molar refractivity (Wildman–Crippen MR) is 120 cm³/mol. The van der Waals surface area contributed by atoms with Crippen molar-refractivity contribution in [2.45, 2.75) is 81.7 Å². The second-order valence-corrected chi connectivity index (χ2v) is 11.9. The van der Waals surface area contributed by atoms with Crippen LogP contribution in [-0.2, 0) is 14.2 Å². The minimum atomic E-state index is -1.64. The molecule has 0 amide bonds. The molecule has 1 heterocycles. The maximum Gasteiger partial charge on any atom is 0.136 e. The van der Waals surface area contributed by atoms with E-state index in [0.717, 1.165) is 13.0 Å². The SMILES string of the molecule is CCN1C[C@]2(COC)CC[C@@H](O)[C@@]34C5C[C@@H]([C@@H](C)OC)[C@@H](O)C5[C@@](C)(O)C(O)(C(OC)C23)[C@H]14. The van der Waals surface area contributed by atoms with Gasteiger partial charge in [-0.25, -0.2) is 0 Å². The van der Waals surface area contributed by atoms with Crippen LogP contribution in [0.3, 0.4) is 0 Å². The number of hydrogen-bond acceptors (Lipinski definition) is 8. The van der Waals surface area contributed by atoms with Gasteiger partial charge in [-0.1, -0.05) is 6.92 Å². The van der Waals surface area contributed by atoms with Gasteiger partial charge in [0.05, 0.1) is 37.1 Å². The quantitative estimate of drug-likeness (QED) is 0.438. The molecule has 4 N–H and O–H groups in total. The van der Waals surface area contributed by atoms with Crippen molar-refractivity contribution < 1.29 is 34.6 Å². The van der Waals surface area contributed by atoms with Gasteiger partial charge in [0.25, 0.3) is 0 Å². The third kappa shape index (κ3) is 2.50. The molecule has 5 aliphatic rings. The highest BCUT2D eigenvalue weighted by molar-refractivity contribution is 5.39. The zero-order chi connectivity index (χ0) is 24.1. The van der Waals surface area contributed by atoms with Crippen molar-refractivity contribution >= 4 is 0 Å². The maximum atomic E-state index is 12.7. The highest BCUT2D eigenvalue weighted by Gasteiger charge is 2.89. The number of piperidine rings is 1. The molecule has 1 spiro atoms. The van der Waals surface area contributed by atoms with E-state index in [9.17, 15) is 20.4 Å². The molecule has 5 rings (SSSR count). The van der Waals surface area contributed by atoms with E-state index in [1.165, 1.54) is 0 Å². The first kappa shape index (κ1) is 24.4. The zero-order valence-corrected chi connectivity index (χ0v) is 20.9. The van der Waals surface area contributed by atoms with Crippen LogP contribution in [0.4, 0.5) is 0 Å². The van der Waals surface area contributed by atoms with Gasteiger partial charge in [0, 0.05) is 56.5 Å². The van der Waals surface area contributed by atoms with Gasteiger partial charge < -0.3 is 34.6 Å². The topological polar surface area (TPSA) is 112 Å². The van der Waals surface area contributed by atoms with E-state index in [-0.39, 0.29) is 29.3 Å². The summed E-state index contributed by atoms with van der Waals surface area (Å²) in [7, 11) is 4.95. The van der Waals surface area contributed by atoms with Crippen molar-refractivity contribution in [1.29, 1.82) is 0 Å². The molecule has 33 heavy (non-hydrogen) atoms. The fourth-order valence-electron chi connectivity index (χ4n) is 10.1. The zero-order valence-electron chi connectivity index (χ0n) is 20.9. The first-order valence-electron chi connectivity index (χ1n) is 12.6. The van der Waals surface area contributed by atoms with Gasteiger partial charge in [-0.2, -0.15) is 0 Å². The molecule has 0 radical (unpaired) electrons. The van der Waals surface area contributed by atoms with E-state index in [1.807, 2.05) is 6.92 Å². The van der Waals surface area contributed by atoms with E-state index in [0.29, 0.717) is 26.0 Å². The number of methoxy groups -OCH3 is 3. The molecule has 1 saturated heterocycles. The molecule has 190 valence electrons. The van der Waals surface area contributed by atoms with Crippen molar-refractivity contribution in [1.82, 2.24) is 4.90 Å². The van der Waals surface area contributed by atoms with E-state index in [2.05, 4.69) is 11.8 Å². The van der Waals surface area contributed by atoms with Crippen LogP contribution in [0.2, 0.25) is 0 Å². The Balaban J connectivity index is 1.80. The highest BCUT2D eigenvalue weighted by Crippen LogP contribution is 2.78. The summed E-state index contributed by atoms with van der Waals surface area (Å²) in [6.07, 6.45) is -0.355. The molecule has 8 heteroatoms. The predicted octanol–water partition coefficient (Wildman–Crippen LogP) is 0.253. The molecule has 4 saturated carbocycles. The Hall–Kier alpha value is -0.320. The lowest BCUT2D eigenvalue weighted by Gasteiger charge is -2.69. The maximum absolute atomic E-state index is 12.7. The Morgan fingerprint density at radius 3 is 2.42 bits per heavy atom. The monoisotopic (exact) mass is 469 g/mol. The standard InChI is InChI=1S/C25H43NO7/c1-7-26-11-23(12-31-4)9-8-16(27)24-15-10-14(13(2)32-5)18(28)17(15)22(3,29)25(30,21(24)26)20(33-6)19(23)24/h13-21,27-30H,7-12H2,1-6H3/t13-,14+,15?,16-,17?,18-,19?,20?,21-,22-,23+,24+,25?/m1/s1. The van der Waals surface area contributed by atoms with Crippen LogP contribution in [0.25, 0.3) is 0 Å². The molecule has 0 aromatic rings. The summed E-state index contributed by atoms with van der Waals surface area (Å²) in [6.45, 7) is 7.63. The Morgan fingerprint density at radius 2 is 1.85 bits per heavy atom. The fraction of sp³-hybridized carbons (Fsp3) is 1.00. The number of ether oxygens (including phenoxy) is 3. The number of likely N-dealkylation sites (tertiary alicyclic amines) is 1. The largest absolute Gasteiger partial charge is 0.392 e. The number of fused-ring (bicyclic) bond motifs is 1.